The van der Waals surface area contributed by atoms with E-state index in [0.717, 1.165) is 6.54 Å². The van der Waals surface area contributed by atoms with Crippen molar-refractivity contribution in [2.45, 2.75) is 6.54 Å². The Morgan fingerprint density at radius 1 is 0.955 bits per heavy atom. The zero-order valence-electron chi connectivity index (χ0n) is 13.1. The number of rotatable bonds is 4. The molecule has 0 spiro atoms. The first-order valence-corrected chi connectivity index (χ1v) is 7.57. The van der Waals surface area contributed by atoms with Crippen LogP contribution in [0.15, 0.2) is 60.8 Å². The molecule has 1 heterocycles. The zero-order valence-corrected chi connectivity index (χ0v) is 13.1. The first-order valence-electron chi connectivity index (χ1n) is 7.57. The third-order valence-electron chi connectivity index (χ3n) is 3.89. The van der Waals surface area contributed by atoms with Gasteiger partial charge in [0.2, 0.25) is 5.52 Å². The lowest BCUT2D eigenvalue weighted by Gasteiger charge is -2.02. The van der Waals surface area contributed by atoms with Crippen LogP contribution in [-0.2, 0) is 13.6 Å². The number of hydrogen-bond donors (Lipinski definition) is 1. The van der Waals surface area contributed by atoms with Crippen LogP contribution in [0.1, 0.15) is 16.7 Å². The molecule has 0 atom stereocenters. The van der Waals surface area contributed by atoms with Gasteiger partial charge in [0, 0.05) is 18.7 Å². The highest BCUT2D eigenvalue weighted by Gasteiger charge is 2.06. The molecule has 0 saturated heterocycles. The van der Waals surface area contributed by atoms with E-state index >= 15 is 0 Å². The molecule has 0 bridgehead atoms. The number of nitrogens with one attached hydrogen (secondary N) is 1. The third-order valence-corrected chi connectivity index (χ3v) is 3.89. The quantitative estimate of drug-likeness (QED) is 0.726. The normalized spacial score (nSPS) is 11.4. The van der Waals surface area contributed by atoms with Crippen LogP contribution in [0, 0.1) is 0 Å². The number of fused-ring (bicyclic) bond motifs is 1. The van der Waals surface area contributed by atoms with E-state index in [1.807, 2.05) is 7.05 Å². The van der Waals surface area contributed by atoms with E-state index in [4.69, 9.17) is 0 Å². The Hall–Kier alpha value is -2.45. The lowest BCUT2D eigenvalue weighted by atomic mass is 10.1. The first kappa shape index (κ1) is 14.5. The number of hydrogen-bond acceptors (Lipinski definition) is 1. The van der Waals surface area contributed by atoms with Crippen LogP contribution in [0.5, 0.6) is 0 Å². The molecule has 3 rings (SSSR count). The fourth-order valence-corrected chi connectivity index (χ4v) is 2.67. The Morgan fingerprint density at radius 3 is 2.50 bits per heavy atom. The summed E-state index contributed by atoms with van der Waals surface area (Å²) < 4.78 is 2.15. The van der Waals surface area contributed by atoms with Gasteiger partial charge in [-0.3, -0.25) is 0 Å². The monoisotopic (exact) mass is 289 g/mol. The third kappa shape index (κ3) is 3.07. The maximum Gasteiger partial charge on any atom is 0.212 e. The summed E-state index contributed by atoms with van der Waals surface area (Å²) in [6.45, 7) is 0.907. The fourth-order valence-electron chi connectivity index (χ4n) is 2.67. The molecule has 2 heteroatoms. The van der Waals surface area contributed by atoms with Gasteiger partial charge >= 0.3 is 0 Å². The molecule has 0 aliphatic carbocycles. The standard InChI is InChI=1S/C20H21N2/c1-21-15-17-9-7-16(8-10-17)11-12-18-13-14-22(2)20-6-4-3-5-19(18)20/h3-14,21H,15H2,1-2H3/q+1/b12-11+. The number of para-hydroxylation sites is 1. The van der Waals surface area contributed by atoms with Gasteiger partial charge in [-0.2, -0.15) is 0 Å². The van der Waals surface area contributed by atoms with E-state index in [0.29, 0.717) is 0 Å². The molecule has 2 nitrogen and oxygen atoms in total. The molecular weight excluding hydrogens is 268 g/mol. The van der Waals surface area contributed by atoms with Crippen molar-refractivity contribution in [1.29, 1.82) is 0 Å². The molecule has 2 aromatic carbocycles. The van der Waals surface area contributed by atoms with E-state index in [1.165, 1.54) is 27.6 Å². The minimum atomic E-state index is 0.907. The predicted octanol–water partition coefficient (Wildman–Crippen LogP) is 3.55. The van der Waals surface area contributed by atoms with Gasteiger partial charge in [-0.15, -0.1) is 0 Å². The number of aryl methyl sites for hydroxylation is 1. The van der Waals surface area contributed by atoms with Crippen molar-refractivity contribution in [3.8, 4) is 0 Å². The van der Waals surface area contributed by atoms with Gasteiger partial charge in [-0.05, 0) is 29.8 Å². The molecule has 110 valence electrons. The van der Waals surface area contributed by atoms with Crippen molar-refractivity contribution in [1.82, 2.24) is 5.32 Å². The molecule has 0 fully saturated rings. The number of aromatic nitrogens is 1. The van der Waals surface area contributed by atoms with Crippen molar-refractivity contribution in [2.24, 2.45) is 7.05 Å². The summed E-state index contributed by atoms with van der Waals surface area (Å²) >= 11 is 0. The summed E-state index contributed by atoms with van der Waals surface area (Å²) in [5.74, 6) is 0. The summed E-state index contributed by atoms with van der Waals surface area (Å²) in [5.41, 5.74) is 5.01. The molecule has 0 aliphatic heterocycles. The van der Waals surface area contributed by atoms with Crippen LogP contribution in [0.2, 0.25) is 0 Å². The molecule has 3 aromatic rings. The molecule has 0 radical (unpaired) electrons. The van der Waals surface area contributed by atoms with Crippen LogP contribution in [0.3, 0.4) is 0 Å². The predicted molar refractivity (Wildman–Crippen MR) is 93.3 cm³/mol. The molecule has 0 amide bonds. The number of nitrogens with zero attached hydrogens (tertiary/aromatic N) is 1. The van der Waals surface area contributed by atoms with Crippen LogP contribution in [0.4, 0.5) is 0 Å². The van der Waals surface area contributed by atoms with E-state index in [1.54, 1.807) is 0 Å². The molecule has 1 aromatic heterocycles. The average molecular weight is 289 g/mol. The Morgan fingerprint density at radius 2 is 1.73 bits per heavy atom. The molecular formula is C20H21N2+. The highest BCUT2D eigenvalue weighted by Crippen LogP contribution is 2.18. The number of benzene rings is 2. The molecule has 22 heavy (non-hydrogen) atoms. The minimum Gasteiger partial charge on any atom is -0.316 e. The van der Waals surface area contributed by atoms with Gasteiger partial charge in [0.15, 0.2) is 6.20 Å². The van der Waals surface area contributed by atoms with Crippen LogP contribution < -0.4 is 9.88 Å². The SMILES string of the molecule is CNCc1ccc(/C=C/c2cc[n+](C)c3ccccc23)cc1. The average Bonchev–Trinajstić information content (AvgIpc) is 2.56. The summed E-state index contributed by atoms with van der Waals surface area (Å²) in [6.07, 6.45) is 6.47. The second-order valence-electron chi connectivity index (χ2n) is 5.50. The molecule has 0 unspecified atom stereocenters. The van der Waals surface area contributed by atoms with Crippen molar-refractivity contribution in [3.05, 3.63) is 77.5 Å². The summed E-state index contributed by atoms with van der Waals surface area (Å²) in [4.78, 5) is 0. The van der Waals surface area contributed by atoms with E-state index in [-0.39, 0.29) is 0 Å². The topological polar surface area (TPSA) is 15.9 Å². The second-order valence-corrected chi connectivity index (χ2v) is 5.50. The van der Waals surface area contributed by atoms with Crippen molar-refractivity contribution in [3.63, 3.8) is 0 Å². The highest BCUT2D eigenvalue weighted by molar-refractivity contribution is 5.88. The second kappa shape index (κ2) is 6.54. The smallest absolute Gasteiger partial charge is 0.212 e. The van der Waals surface area contributed by atoms with Crippen LogP contribution in [0.25, 0.3) is 23.1 Å². The van der Waals surface area contributed by atoms with Gasteiger partial charge in [-0.1, -0.05) is 48.6 Å². The van der Waals surface area contributed by atoms with Gasteiger partial charge in [-0.25, -0.2) is 4.57 Å². The van der Waals surface area contributed by atoms with Gasteiger partial charge in [0.1, 0.15) is 7.05 Å². The van der Waals surface area contributed by atoms with E-state index in [9.17, 15) is 0 Å². The van der Waals surface area contributed by atoms with E-state index < -0.39 is 0 Å². The largest absolute Gasteiger partial charge is 0.316 e. The van der Waals surface area contributed by atoms with Gasteiger partial charge in [0.05, 0.1) is 5.39 Å². The lowest BCUT2D eigenvalue weighted by Crippen LogP contribution is -2.28. The number of pyridine rings is 1. The molecule has 0 aliphatic rings. The van der Waals surface area contributed by atoms with E-state index in [2.05, 4.69) is 89.9 Å². The van der Waals surface area contributed by atoms with Crippen LogP contribution in [-0.4, -0.2) is 7.05 Å². The summed E-state index contributed by atoms with van der Waals surface area (Å²) in [7, 11) is 4.05. The molecule has 0 saturated carbocycles. The Bertz CT molecular complexity index is 802. The minimum absolute atomic E-state index is 0.907. The van der Waals surface area contributed by atoms with Crippen LogP contribution >= 0.6 is 0 Å². The van der Waals surface area contributed by atoms with Crippen molar-refractivity contribution >= 4 is 23.1 Å². The van der Waals surface area contributed by atoms with Crippen molar-refractivity contribution < 1.29 is 4.57 Å². The van der Waals surface area contributed by atoms with Gasteiger partial charge < -0.3 is 5.32 Å². The maximum absolute atomic E-state index is 3.17. The summed E-state index contributed by atoms with van der Waals surface area (Å²) in [5, 5.41) is 4.44. The molecule has 1 N–H and O–H groups in total. The van der Waals surface area contributed by atoms with Crippen molar-refractivity contribution in [2.75, 3.05) is 7.05 Å². The lowest BCUT2D eigenvalue weighted by molar-refractivity contribution is -0.644. The fraction of sp³-hybridized carbons (Fsp3) is 0.150. The maximum atomic E-state index is 3.17. The Balaban J connectivity index is 1.91. The first-order chi connectivity index (χ1) is 10.8. The zero-order chi connectivity index (χ0) is 15.4. The highest BCUT2D eigenvalue weighted by atomic mass is 14.9. The Labute approximate surface area is 131 Å². The summed E-state index contributed by atoms with van der Waals surface area (Å²) in [6, 6.07) is 19.3. The Kier molecular flexibility index (Phi) is 4.31. The van der Waals surface area contributed by atoms with Gasteiger partial charge in [0.25, 0.3) is 0 Å².